The van der Waals surface area contributed by atoms with E-state index in [1.807, 2.05) is 0 Å². The van der Waals surface area contributed by atoms with E-state index in [9.17, 15) is 9.18 Å². The van der Waals surface area contributed by atoms with Crippen LogP contribution in [0.15, 0.2) is 36.5 Å². The van der Waals surface area contributed by atoms with Crippen molar-refractivity contribution in [2.24, 2.45) is 0 Å². The molecule has 0 bridgehead atoms. The van der Waals surface area contributed by atoms with Crippen LogP contribution in [0.5, 0.6) is 0 Å². The molecular weight excluding hydrogens is 245 g/mol. The van der Waals surface area contributed by atoms with Crippen molar-refractivity contribution in [2.45, 2.75) is 6.92 Å². The summed E-state index contributed by atoms with van der Waals surface area (Å²) >= 11 is 0. The molecule has 0 atom stereocenters. The molecule has 1 aromatic heterocycles. The first kappa shape index (κ1) is 13.0. The van der Waals surface area contributed by atoms with E-state index >= 15 is 0 Å². The second kappa shape index (κ2) is 5.48. The van der Waals surface area contributed by atoms with Crippen molar-refractivity contribution >= 4 is 17.4 Å². The summed E-state index contributed by atoms with van der Waals surface area (Å²) in [5.74, 6) is 0.119. The summed E-state index contributed by atoms with van der Waals surface area (Å²) < 4.78 is 13.1. The van der Waals surface area contributed by atoms with Crippen LogP contribution in [0.2, 0.25) is 0 Å². The van der Waals surface area contributed by atoms with Gasteiger partial charge < -0.3 is 10.6 Å². The summed E-state index contributed by atoms with van der Waals surface area (Å²) in [5.41, 5.74) is 1.49. The largest absolute Gasteiger partial charge is 0.373 e. The topological polar surface area (TPSA) is 54.0 Å². The molecule has 1 heterocycles. The van der Waals surface area contributed by atoms with Crippen LogP contribution in [0, 0.1) is 12.7 Å². The Morgan fingerprint density at radius 1 is 1.26 bits per heavy atom. The zero-order chi connectivity index (χ0) is 13.8. The maximum Gasteiger partial charge on any atom is 0.257 e. The van der Waals surface area contributed by atoms with Crippen molar-refractivity contribution in [3.05, 3.63) is 53.5 Å². The van der Waals surface area contributed by atoms with Crippen molar-refractivity contribution in [3.63, 3.8) is 0 Å². The lowest BCUT2D eigenvalue weighted by molar-refractivity contribution is 0.102. The number of carbonyl (C=O) groups is 1. The molecule has 2 rings (SSSR count). The van der Waals surface area contributed by atoms with Crippen LogP contribution in [0.4, 0.5) is 15.9 Å². The van der Waals surface area contributed by atoms with E-state index in [2.05, 4.69) is 15.6 Å². The van der Waals surface area contributed by atoms with Crippen molar-refractivity contribution in [1.29, 1.82) is 0 Å². The second-order valence-electron chi connectivity index (χ2n) is 4.10. The Labute approximate surface area is 110 Å². The zero-order valence-electron chi connectivity index (χ0n) is 10.7. The van der Waals surface area contributed by atoms with Crippen LogP contribution in [0.25, 0.3) is 0 Å². The number of nitrogens with one attached hydrogen (secondary N) is 2. The first-order chi connectivity index (χ1) is 9.10. The van der Waals surface area contributed by atoms with E-state index in [0.29, 0.717) is 22.6 Å². The number of carbonyl (C=O) groups excluding carboxylic acids is 1. The fraction of sp³-hybridized carbons (Fsp3) is 0.143. The van der Waals surface area contributed by atoms with Crippen molar-refractivity contribution in [2.75, 3.05) is 17.7 Å². The van der Waals surface area contributed by atoms with E-state index in [4.69, 9.17) is 0 Å². The summed E-state index contributed by atoms with van der Waals surface area (Å²) in [7, 11) is 1.75. The third kappa shape index (κ3) is 3.07. The summed E-state index contributed by atoms with van der Waals surface area (Å²) in [5, 5.41) is 5.57. The number of aryl methyl sites for hydroxylation is 1. The average molecular weight is 259 g/mol. The summed E-state index contributed by atoms with van der Waals surface area (Å²) in [6.45, 7) is 1.65. The number of rotatable bonds is 3. The maximum atomic E-state index is 13.1. The summed E-state index contributed by atoms with van der Waals surface area (Å²) in [6, 6.07) is 7.82. The molecule has 0 saturated heterocycles. The molecule has 0 spiro atoms. The number of anilines is 2. The molecular formula is C14H14FN3O. The van der Waals surface area contributed by atoms with E-state index in [-0.39, 0.29) is 11.7 Å². The number of nitrogens with zero attached hydrogens (tertiary/aromatic N) is 1. The van der Waals surface area contributed by atoms with Gasteiger partial charge in [0, 0.05) is 18.9 Å². The molecule has 0 unspecified atom stereocenters. The van der Waals surface area contributed by atoms with E-state index in [1.165, 1.54) is 18.3 Å². The highest BCUT2D eigenvalue weighted by molar-refractivity contribution is 6.04. The number of hydrogen-bond donors (Lipinski definition) is 2. The molecule has 1 amide bonds. The third-order valence-corrected chi connectivity index (χ3v) is 2.70. The van der Waals surface area contributed by atoms with Gasteiger partial charge in [-0.2, -0.15) is 0 Å². The number of benzene rings is 1. The Hall–Kier alpha value is -2.43. The minimum absolute atomic E-state index is 0.277. The highest BCUT2D eigenvalue weighted by Crippen LogP contribution is 2.15. The SMILES string of the molecule is CNc1ccc(C(=O)Nc2ccc(F)c(C)c2)cn1. The molecule has 19 heavy (non-hydrogen) atoms. The van der Waals surface area contributed by atoms with Gasteiger partial charge in [-0.15, -0.1) is 0 Å². The molecule has 98 valence electrons. The van der Waals surface area contributed by atoms with E-state index in [1.54, 1.807) is 32.2 Å². The molecule has 0 aliphatic rings. The van der Waals surface area contributed by atoms with Gasteiger partial charge in [0.1, 0.15) is 11.6 Å². The number of amides is 1. The van der Waals surface area contributed by atoms with Gasteiger partial charge in [0.05, 0.1) is 5.56 Å². The van der Waals surface area contributed by atoms with Crippen LogP contribution in [0.3, 0.4) is 0 Å². The molecule has 2 aromatic rings. The first-order valence-electron chi connectivity index (χ1n) is 5.81. The monoisotopic (exact) mass is 259 g/mol. The van der Waals surface area contributed by atoms with Gasteiger partial charge in [0.15, 0.2) is 0 Å². The Bertz CT molecular complexity index is 596. The molecule has 4 nitrogen and oxygen atoms in total. The fourth-order valence-electron chi connectivity index (χ4n) is 1.60. The number of halogens is 1. The lowest BCUT2D eigenvalue weighted by Gasteiger charge is -2.07. The molecule has 2 N–H and O–H groups in total. The maximum absolute atomic E-state index is 13.1. The zero-order valence-corrected chi connectivity index (χ0v) is 10.7. The van der Waals surface area contributed by atoms with Crippen LogP contribution >= 0.6 is 0 Å². The van der Waals surface area contributed by atoms with Crippen molar-refractivity contribution < 1.29 is 9.18 Å². The Morgan fingerprint density at radius 3 is 2.63 bits per heavy atom. The average Bonchev–Trinajstić information content (AvgIpc) is 2.43. The van der Waals surface area contributed by atoms with Gasteiger partial charge in [0.2, 0.25) is 0 Å². The molecule has 1 aromatic carbocycles. The Morgan fingerprint density at radius 2 is 2.05 bits per heavy atom. The molecule has 0 radical (unpaired) electrons. The minimum atomic E-state index is -0.293. The number of pyridine rings is 1. The fourth-order valence-corrected chi connectivity index (χ4v) is 1.60. The number of aromatic nitrogens is 1. The van der Waals surface area contributed by atoms with Crippen LogP contribution in [-0.4, -0.2) is 17.9 Å². The van der Waals surface area contributed by atoms with Gasteiger partial charge in [-0.25, -0.2) is 9.37 Å². The molecule has 0 fully saturated rings. The van der Waals surface area contributed by atoms with Crippen molar-refractivity contribution in [1.82, 2.24) is 4.98 Å². The quantitative estimate of drug-likeness (QED) is 0.891. The lowest BCUT2D eigenvalue weighted by atomic mass is 10.2. The van der Waals surface area contributed by atoms with Gasteiger partial charge in [0.25, 0.3) is 5.91 Å². The minimum Gasteiger partial charge on any atom is -0.373 e. The molecule has 5 heteroatoms. The molecule has 0 saturated carbocycles. The summed E-state index contributed by atoms with van der Waals surface area (Å²) in [6.07, 6.45) is 1.48. The number of hydrogen-bond acceptors (Lipinski definition) is 3. The Balaban J connectivity index is 2.13. The third-order valence-electron chi connectivity index (χ3n) is 2.70. The van der Waals surface area contributed by atoms with Crippen LogP contribution in [-0.2, 0) is 0 Å². The van der Waals surface area contributed by atoms with E-state index < -0.39 is 0 Å². The summed E-state index contributed by atoms with van der Waals surface area (Å²) in [4.78, 5) is 16.0. The highest BCUT2D eigenvalue weighted by atomic mass is 19.1. The molecule has 0 aliphatic carbocycles. The van der Waals surface area contributed by atoms with Gasteiger partial charge >= 0.3 is 0 Å². The molecule has 0 aliphatic heterocycles. The van der Waals surface area contributed by atoms with Gasteiger partial charge in [-0.1, -0.05) is 0 Å². The predicted octanol–water partition coefficient (Wildman–Crippen LogP) is 2.82. The first-order valence-corrected chi connectivity index (χ1v) is 5.81. The standard InChI is InChI=1S/C14H14FN3O/c1-9-7-11(4-5-12(9)15)18-14(19)10-3-6-13(16-2)17-8-10/h3-8H,1-2H3,(H,16,17)(H,18,19). The normalized spacial score (nSPS) is 10.1. The van der Waals surface area contributed by atoms with E-state index in [0.717, 1.165) is 0 Å². The van der Waals surface area contributed by atoms with Gasteiger partial charge in [-0.3, -0.25) is 4.79 Å². The second-order valence-corrected chi connectivity index (χ2v) is 4.10. The van der Waals surface area contributed by atoms with Gasteiger partial charge in [-0.05, 0) is 42.8 Å². The predicted molar refractivity (Wildman–Crippen MR) is 72.9 cm³/mol. The Kier molecular flexibility index (Phi) is 3.75. The van der Waals surface area contributed by atoms with Crippen molar-refractivity contribution in [3.8, 4) is 0 Å². The smallest absolute Gasteiger partial charge is 0.257 e. The van der Waals surface area contributed by atoms with Crippen LogP contribution < -0.4 is 10.6 Å². The lowest BCUT2D eigenvalue weighted by Crippen LogP contribution is -2.12. The van der Waals surface area contributed by atoms with Crippen LogP contribution in [0.1, 0.15) is 15.9 Å². The highest BCUT2D eigenvalue weighted by Gasteiger charge is 2.07.